The standard InChI is InChI=1S/C27H25N3O3S/c1-29(21-11-13-24(14-12-21)33-23-5-3-2-4-6-23)27-28-26(31)25(34-27)19-20-7-9-22(10-8-20)30-15-17-32-18-16-30/h2-14,19H,15-18H2,1H3/b25-19+. The quantitative estimate of drug-likeness (QED) is 0.463. The van der Waals surface area contributed by atoms with E-state index >= 15 is 0 Å². The maximum Gasteiger partial charge on any atom is 0.286 e. The molecule has 0 radical (unpaired) electrons. The molecular weight excluding hydrogens is 446 g/mol. The number of carbonyl (C=O) groups excluding carboxylic acids is 1. The molecule has 172 valence electrons. The lowest BCUT2D eigenvalue weighted by atomic mass is 10.1. The molecule has 2 aliphatic heterocycles. The highest BCUT2D eigenvalue weighted by Gasteiger charge is 2.25. The molecule has 3 aromatic carbocycles. The van der Waals surface area contributed by atoms with Crippen molar-refractivity contribution in [3.05, 3.63) is 89.3 Å². The molecule has 0 bridgehead atoms. The van der Waals surface area contributed by atoms with Gasteiger partial charge in [-0.1, -0.05) is 30.3 Å². The summed E-state index contributed by atoms with van der Waals surface area (Å²) in [6, 6.07) is 25.7. The topological polar surface area (TPSA) is 54.4 Å². The molecule has 6 nitrogen and oxygen atoms in total. The number of anilines is 2. The highest BCUT2D eigenvalue weighted by Crippen LogP contribution is 2.33. The number of amidine groups is 1. The molecule has 0 atom stereocenters. The van der Waals surface area contributed by atoms with Gasteiger partial charge in [0.1, 0.15) is 11.5 Å². The molecule has 2 aliphatic rings. The summed E-state index contributed by atoms with van der Waals surface area (Å²) in [5, 5.41) is 0.651. The van der Waals surface area contributed by atoms with E-state index in [-0.39, 0.29) is 5.91 Å². The molecule has 1 amide bonds. The Morgan fingerprint density at radius 3 is 2.32 bits per heavy atom. The monoisotopic (exact) mass is 471 g/mol. The first kappa shape index (κ1) is 22.3. The van der Waals surface area contributed by atoms with Crippen molar-refractivity contribution >= 4 is 40.3 Å². The molecule has 0 saturated carbocycles. The van der Waals surface area contributed by atoms with Gasteiger partial charge in [-0.3, -0.25) is 4.79 Å². The molecule has 1 fully saturated rings. The van der Waals surface area contributed by atoms with Crippen LogP contribution < -0.4 is 14.5 Å². The Balaban J connectivity index is 1.23. The second-order valence-electron chi connectivity index (χ2n) is 7.97. The zero-order valence-corrected chi connectivity index (χ0v) is 19.7. The van der Waals surface area contributed by atoms with Gasteiger partial charge in [-0.15, -0.1) is 0 Å². The van der Waals surface area contributed by atoms with Gasteiger partial charge in [-0.25, -0.2) is 0 Å². The van der Waals surface area contributed by atoms with Crippen molar-refractivity contribution in [3.63, 3.8) is 0 Å². The van der Waals surface area contributed by atoms with E-state index in [0.29, 0.717) is 10.1 Å². The van der Waals surface area contributed by atoms with Crippen LogP contribution in [0.25, 0.3) is 6.08 Å². The Morgan fingerprint density at radius 1 is 0.941 bits per heavy atom. The highest BCUT2D eigenvalue weighted by atomic mass is 32.2. The average molecular weight is 472 g/mol. The number of carbonyl (C=O) groups is 1. The summed E-state index contributed by atoms with van der Waals surface area (Å²) in [4.78, 5) is 21.7. The number of amides is 1. The molecule has 0 unspecified atom stereocenters. The van der Waals surface area contributed by atoms with Crippen molar-refractivity contribution in [1.82, 2.24) is 0 Å². The molecule has 0 aromatic heterocycles. The smallest absolute Gasteiger partial charge is 0.286 e. The first-order valence-corrected chi connectivity index (χ1v) is 12.0. The van der Waals surface area contributed by atoms with Gasteiger partial charge in [0.15, 0.2) is 5.17 Å². The number of rotatable bonds is 5. The summed E-state index contributed by atoms with van der Waals surface area (Å²) in [6.45, 7) is 3.32. The van der Waals surface area contributed by atoms with E-state index in [1.165, 1.54) is 17.4 Å². The van der Waals surface area contributed by atoms with Crippen LogP contribution in [0, 0.1) is 0 Å². The lowest BCUT2D eigenvalue weighted by Crippen LogP contribution is -2.36. The fourth-order valence-electron chi connectivity index (χ4n) is 3.77. The number of nitrogens with zero attached hydrogens (tertiary/aromatic N) is 3. The summed E-state index contributed by atoms with van der Waals surface area (Å²) in [5.74, 6) is 1.33. The van der Waals surface area contributed by atoms with E-state index < -0.39 is 0 Å². The van der Waals surface area contributed by atoms with Crippen LogP contribution in [-0.2, 0) is 9.53 Å². The van der Waals surface area contributed by atoms with Gasteiger partial charge in [0, 0.05) is 31.5 Å². The fraction of sp³-hybridized carbons (Fsp3) is 0.185. The molecule has 0 aliphatic carbocycles. The molecule has 1 saturated heterocycles. The van der Waals surface area contributed by atoms with Gasteiger partial charge in [-0.2, -0.15) is 4.99 Å². The Hall–Kier alpha value is -3.55. The van der Waals surface area contributed by atoms with Crippen LogP contribution in [0.2, 0.25) is 0 Å². The van der Waals surface area contributed by atoms with Gasteiger partial charge in [0.25, 0.3) is 5.91 Å². The van der Waals surface area contributed by atoms with Crippen LogP contribution >= 0.6 is 11.8 Å². The largest absolute Gasteiger partial charge is 0.457 e. The zero-order valence-electron chi connectivity index (χ0n) is 18.9. The lowest BCUT2D eigenvalue weighted by Gasteiger charge is -2.28. The maximum atomic E-state index is 12.6. The number of ether oxygens (including phenoxy) is 2. The Labute approximate surface area is 203 Å². The molecule has 3 aromatic rings. The minimum absolute atomic E-state index is 0.215. The Morgan fingerprint density at radius 2 is 1.62 bits per heavy atom. The molecule has 0 spiro atoms. The predicted octanol–water partition coefficient (Wildman–Crippen LogP) is 5.42. The molecular formula is C27H25N3O3S. The van der Waals surface area contributed by atoms with E-state index in [9.17, 15) is 4.79 Å². The van der Waals surface area contributed by atoms with Gasteiger partial charge < -0.3 is 19.3 Å². The molecule has 5 rings (SSSR count). The van der Waals surface area contributed by atoms with E-state index in [2.05, 4.69) is 22.0 Å². The van der Waals surface area contributed by atoms with E-state index in [4.69, 9.17) is 9.47 Å². The highest BCUT2D eigenvalue weighted by molar-refractivity contribution is 8.18. The van der Waals surface area contributed by atoms with Crippen molar-refractivity contribution in [2.24, 2.45) is 4.99 Å². The van der Waals surface area contributed by atoms with Crippen molar-refractivity contribution in [1.29, 1.82) is 0 Å². The van der Waals surface area contributed by atoms with E-state index in [1.807, 2.05) is 84.8 Å². The average Bonchev–Trinajstić information content (AvgIpc) is 3.25. The molecule has 7 heteroatoms. The Kier molecular flexibility index (Phi) is 6.65. The van der Waals surface area contributed by atoms with E-state index in [0.717, 1.165) is 49.1 Å². The lowest BCUT2D eigenvalue weighted by molar-refractivity contribution is -0.113. The van der Waals surface area contributed by atoms with Crippen LogP contribution in [0.1, 0.15) is 5.56 Å². The molecule has 0 N–H and O–H groups in total. The van der Waals surface area contributed by atoms with Crippen LogP contribution in [0.5, 0.6) is 11.5 Å². The third kappa shape index (κ3) is 5.16. The summed E-state index contributed by atoms with van der Waals surface area (Å²) in [7, 11) is 1.91. The third-order valence-corrected chi connectivity index (χ3v) is 6.73. The van der Waals surface area contributed by atoms with Gasteiger partial charge >= 0.3 is 0 Å². The second-order valence-corrected chi connectivity index (χ2v) is 8.98. The number of para-hydroxylation sites is 1. The summed E-state index contributed by atoms with van der Waals surface area (Å²) in [5.41, 5.74) is 3.08. The predicted molar refractivity (Wildman–Crippen MR) is 139 cm³/mol. The van der Waals surface area contributed by atoms with Crippen molar-refractivity contribution in [2.75, 3.05) is 43.2 Å². The second kappa shape index (κ2) is 10.2. The number of morpholine rings is 1. The van der Waals surface area contributed by atoms with Crippen molar-refractivity contribution in [2.45, 2.75) is 0 Å². The van der Waals surface area contributed by atoms with E-state index in [1.54, 1.807) is 0 Å². The van der Waals surface area contributed by atoms with Crippen LogP contribution in [0.3, 0.4) is 0 Å². The van der Waals surface area contributed by atoms with Crippen LogP contribution in [0.15, 0.2) is 88.8 Å². The Bertz CT molecular complexity index is 1200. The van der Waals surface area contributed by atoms with Gasteiger partial charge in [0.05, 0.1) is 18.1 Å². The number of thioether (sulfide) groups is 1. The number of hydrogen-bond acceptors (Lipinski definition) is 6. The SMILES string of the molecule is CN(C1=NC(=O)/C(=C\c2ccc(N3CCOCC3)cc2)S1)c1ccc(Oc2ccccc2)cc1. The maximum absolute atomic E-state index is 12.6. The van der Waals surface area contributed by atoms with Gasteiger partial charge in [0.2, 0.25) is 0 Å². The summed E-state index contributed by atoms with van der Waals surface area (Å²) < 4.78 is 11.3. The van der Waals surface area contributed by atoms with Crippen LogP contribution in [-0.4, -0.2) is 44.4 Å². The molecule has 34 heavy (non-hydrogen) atoms. The van der Waals surface area contributed by atoms with Crippen molar-refractivity contribution in [3.8, 4) is 11.5 Å². The third-order valence-electron chi connectivity index (χ3n) is 5.67. The normalized spacial score (nSPS) is 17.1. The molecule has 2 heterocycles. The van der Waals surface area contributed by atoms with Crippen molar-refractivity contribution < 1.29 is 14.3 Å². The number of hydrogen-bond donors (Lipinski definition) is 0. The minimum atomic E-state index is -0.215. The summed E-state index contributed by atoms with van der Waals surface area (Å²) >= 11 is 1.38. The summed E-state index contributed by atoms with van der Waals surface area (Å²) in [6.07, 6.45) is 1.90. The zero-order chi connectivity index (χ0) is 23.3. The van der Waals surface area contributed by atoms with Crippen LogP contribution in [0.4, 0.5) is 11.4 Å². The minimum Gasteiger partial charge on any atom is -0.457 e. The number of benzene rings is 3. The first-order valence-electron chi connectivity index (χ1n) is 11.2. The first-order chi connectivity index (χ1) is 16.7. The number of aliphatic imine (C=N–C) groups is 1. The van der Waals surface area contributed by atoms with Gasteiger partial charge in [-0.05, 0) is 71.9 Å². The fourth-order valence-corrected chi connectivity index (χ4v) is 4.66.